The first-order valence-electron chi connectivity index (χ1n) is 11.4. The van der Waals surface area contributed by atoms with Crippen LogP contribution >= 0.6 is 0 Å². The van der Waals surface area contributed by atoms with E-state index >= 15 is 0 Å². The van der Waals surface area contributed by atoms with Crippen LogP contribution in [0.4, 0.5) is 0 Å². The highest BCUT2D eigenvalue weighted by Gasteiger charge is 2.47. The van der Waals surface area contributed by atoms with Crippen molar-refractivity contribution in [3.05, 3.63) is 71.8 Å². The number of aliphatic hydroxyl groups is 2. The van der Waals surface area contributed by atoms with E-state index in [9.17, 15) is 19.8 Å². The molecule has 5 atom stereocenters. The van der Waals surface area contributed by atoms with E-state index in [1.807, 2.05) is 60.7 Å². The van der Waals surface area contributed by atoms with Gasteiger partial charge in [0.1, 0.15) is 6.10 Å². The largest absolute Gasteiger partial charge is 0.383 e. The fourth-order valence-electron chi connectivity index (χ4n) is 4.92. The lowest BCUT2D eigenvalue weighted by Gasteiger charge is -2.28. The number of fused-ring (bicyclic) bond motifs is 1. The first kappa shape index (κ1) is 22.5. The number of hydrogen-bond donors (Lipinski definition) is 4. The standard InChI is InChI=1S/C25H31N3O4/c29-22-20(17-9-3-1-4-10-17)19-13-15-27-24(31)23(30)21(18-11-5-2-6-12-18)26-14-7-8-16-28(19)25(22)32/h1-6,9-12,19-23,26,29-30H,7-8,13-16H2,(H,27,31). The summed E-state index contributed by atoms with van der Waals surface area (Å²) in [5.41, 5.74) is 1.77. The SMILES string of the molecule is O=C1NCCC2C(c3ccccc3)C(O)C(=O)N2CCCCNC(c2ccccc2)C1O. The molecule has 32 heavy (non-hydrogen) atoms. The average Bonchev–Trinajstić information content (AvgIpc) is 3.06. The number of aliphatic hydroxyl groups excluding tert-OH is 2. The van der Waals surface area contributed by atoms with E-state index in [2.05, 4.69) is 10.6 Å². The molecule has 0 radical (unpaired) electrons. The molecule has 0 bridgehead atoms. The number of amides is 2. The monoisotopic (exact) mass is 437 g/mol. The van der Waals surface area contributed by atoms with Crippen LogP contribution in [0.3, 0.4) is 0 Å². The number of nitrogens with one attached hydrogen (secondary N) is 2. The molecular formula is C25H31N3O4. The van der Waals surface area contributed by atoms with Crippen molar-refractivity contribution >= 4 is 11.8 Å². The highest BCUT2D eigenvalue weighted by atomic mass is 16.3. The first-order chi connectivity index (χ1) is 15.6. The maximum Gasteiger partial charge on any atom is 0.252 e. The molecule has 2 saturated heterocycles. The maximum atomic E-state index is 12.9. The Morgan fingerprint density at radius 2 is 1.47 bits per heavy atom. The summed E-state index contributed by atoms with van der Waals surface area (Å²) in [5.74, 6) is -1.04. The van der Waals surface area contributed by atoms with Gasteiger partial charge in [0.2, 0.25) is 0 Å². The third kappa shape index (κ3) is 4.70. The Balaban J connectivity index is 1.54. The molecule has 0 spiro atoms. The number of hydrogen-bond acceptors (Lipinski definition) is 5. The highest BCUT2D eigenvalue weighted by molar-refractivity contribution is 5.85. The lowest BCUT2D eigenvalue weighted by Crippen LogP contribution is -2.44. The van der Waals surface area contributed by atoms with Gasteiger partial charge in [-0.3, -0.25) is 9.59 Å². The van der Waals surface area contributed by atoms with Crippen LogP contribution in [-0.2, 0) is 9.59 Å². The highest BCUT2D eigenvalue weighted by Crippen LogP contribution is 2.36. The van der Waals surface area contributed by atoms with E-state index in [0.717, 1.165) is 24.0 Å². The van der Waals surface area contributed by atoms with Crippen molar-refractivity contribution in [3.8, 4) is 0 Å². The van der Waals surface area contributed by atoms with Crippen LogP contribution in [0.1, 0.15) is 42.3 Å². The molecule has 2 heterocycles. The van der Waals surface area contributed by atoms with Gasteiger partial charge in [-0.25, -0.2) is 0 Å². The Morgan fingerprint density at radius 1 is 0.812 bits per heavy atom. The van der Waals surface area contributed by atoms with Gasteiger partial charge in [0.15, 0.2) is 6.10 Å². The maximum absolute atomic E-state index is 12.9. The molecule has 7 nitrogen and oxygen atoms in total. The summed E-state index contributed by atoms with van der Waals surface area (Å²) < 4.78 is 0. The summed E-state index contributed by atoms with van der Waals surface area (Å²) in [5, 5.41) is 27.7. The molecule has 170 valence electrons. The van der Waals surface area contributed by atoms with Gasteiger partial charge in [-0.1, -0.05) is 60.7 Å². The number of carbonyl (C=O) groups excluding carboxylic acids is 2. The van der Waals surface area contributed by atoms with Crippen molar-refractivity contribution in [3.63, 3.8) is 0 Å². The molecule has 0 aliphatic carbocycles. The van der Waals surface area contributed by atoms with Gasteiger partial charge in [-0.15, -0.1) is 0 Å². The van der Waals surface area contributed by atoms with Crippen LogP contribution in [-0.4, -0.2) is 64.8 Å². The molecule has 2 aliphatic heterocycles. The van der Waals surface area contributed by atoms with E-state index in [0.29, 0.717) is 26.1 Å². The van der Waals surface area contributed by atoms with Gasteiger partial charge < -0.3 is 25.7 Å². The lowest BCUT2D eigenvalue weighted by molar-refractivity contribution is -0.135. The molecule has 2 amide bonds. The summed E-state index contributed by atoms with van der Waals surface area (Å²) >= 11 is 0. The molecule has 4 rings (SSSR count). The second-order valence-corrected chi connectivity index (χ2v) is 8.55. The van der Waals surface area contributed by atoms with Crippen molar-refractivity contribution in [1.82, 2.24) is 15.5 Å². The Hall–Kier alpha value is -2.74. The molecular weight excluding hydrogens is 406 g/mol. The van der Waals surface area contributed by atoms with Crippen LogP contribution < -0.4 is 10.6 Å². The number of benzene rings is 2. The van der Waals surface area contributed by atoms with Crippen molar-refractivity contribution in [1.29, 1.82) is 0 Å². The first-order valence-corrected chi connectivity index (χ1v) is 11.4. The van der Waals surface area contributed by atoms with Gasteiger partial charge in [0.25, 0.3) is 11.8 Å². The summed E-state index contributed by atoms with van der Waals surface area (Å²) in [6.45, 7) is 1.46. The van der Waals surface area contributed by atoms with Crippen LogP contribution in [0.5, 0.6) is 0 Å². The molecule has 5 unspecified atom stereocenters. The zero-order valence-electron chi connectivity index (χ0n) is 18.1. The molecule has 0 aromatic heterocycles. The van der Waals surface area contributed by atoms with Crippen molar-refractivity contribution in [2.45, 2.75) is 49.5 Å². The fourth-order valence-corrected chi connectivity index (χ4v) is 4.92. The molecule has 2 fully saturated rings. The Bertz CT molecular complexity index is 908. The summed E-state index contributed by atoms with van der Waals surface area (Å²) in [6, 6.07) is 18.3. The Kier molecular flexibility index (Phi) is 7.19. The molecule has 2 aromatic rings. The number of rotatable bonds is 2. The molecule has 4 N–H and O–H groups in total. The van der Waals surface area contributed by atoms with Crippen LogP contribution in [0.15, 0.2) is 60.7 Å². The van der Waals surface area contributed by atoms with Gasteiger partial charge >= 0.3 is 0 Å². The van der Waals surface area contributed by atoms with Gasteiger partial charge in [0, 0.05) is 25.0 Å². The number of nitrogens with zero attached hydrogens (tertiary/aromatic N) is 1. The third-order valence-electron chi connectivity index (χ3n) is 6.55. The quantitative estimate of drug-likeness (QED) is 0.568. The summed E-state index contributed by atoms with van der Waals surface area (Å²) in [7, 11) is 0. The van der Waals surface area contributed by atoms with Crippen molar-refractivity contribution in [2.75, 3.05) is 19.6 Å². The topological polar surface area (TPSA) is 102 Å². The smallest absolute Gasteiger partial charge is 0.252 e. The minimum Gasteiger partial charge on any atom is -0.383 e. The molecule has 2 aromatic carbocycles. The van der Waals surface area contributed by atoms with E-state index in [4.69, 9.17) is 0 Å². The summed E-state index contributed by atoms with van der Waals surface area (Å²) in [4.78, 5) is 27.4. The zero-order valence-corrected chi connectivity index (χ0v) is 18.1. The fraction of sp³-hybridized carbons (Fsp3) is 0.440. The molecule has 0 saturated carbocycles. The minimum absolute atomic E-state index is 0.212. The van der Waals surface area contributed by atoms with Gasteiger partial charge in [-0.05, 0) is 36.9 Å². The van der Waals surface area contributed by atoms with Gasteiger partial charge in [0.05, 0.1) is 6.04 Å². The Labute approximate surface area is 188 Å². The van der Waals surface area contributed by atoms with Crippen LogP contribution in [0.2, 0.25) is 0 Å². The van der Waals surface area contributed by atoms with E-state index in [1.54, 1.807) is 4.90 Å². The van der Waals surface area contributed by atoms with Gasteiger partial charge in [-0.2, -0.15) is 0 Å². The molecule has 7 heteroatoms. The lowest BCUT2D eigenvalue weighted by atomic mass is 9.88. The third-order valence-corrected chi connectivity index (χ3v) is 6.55. The van der Waals surface area contributed by atoms with Crippen LogP contribution in [0, 0.1) is 0 Å². The van der Waals surface area contributed by atoms with E-state index in [-0.39, 0.29) is 17.9 Å². The predicted octanol–water partition coefficient (Wildman–Crippen LogP) is 1.33. The van der Waals surface area contributed by atoms with Crippen molar-refractivity contribution in [2.24, 2.45) is 0 Å². The zero-order chi connectivity index (χ0) is 22.5. The van der Waals surface area contributed by atoms with Crippen LogP contribution in [0.25, 0.3) is 0 Å². The normalized spacial score (nSPS) is 29.9. The minimum atomic E-state index is -1.23. The van der Waals surface area contributed by atoms with E-state index < -0.39 is 24.2 Å². The summed E-state index contributed by atoms with van der Waals surface area (Å²) in [6.07, 6.45) is -0.264. The predicted molar refractivity (Wildman–Crippen MR) is 121 cm³/mol. The Morgan fingerprint density at radius 3 is 2.16 bits per heavy atom. The number of carbonyl (C=O) groups is 2. The van der Waals surface area contributed by atoms with E-state index in [1.165, 1.54) is 0 Å². The van der Waals surface area contributed by atoms with Crippen molar-refractivity contribution < 1.29 is 19.8 Å². The second kappa shape index (κ2) is 10.3. The second-order valence-electron chi connectivity index (χ2n) is 8.55. The average molecular weight is 438 g/mol. The molecule has 2 aliphatic rings.